The number of rotatable bonds is 3. The Kier molecular flexibility index (Phi) is 3.51. The van der Waals surface area contributed by atoms with Crippen LogP contribution in [0.4, 0.5) is 0 Å². The molecule has 4 nitrogen and oxygen atoms in total. The van der Waals surface area contributed by atoms with Crippen LogP contribution in [0.1, 0.15) is 52.4 Å². The SMILES string of the molecule is CC1(C)SCC(C(=O)NC2(C3CCCC3)CC2)NC1=O. The predicted octanol–water partition coefficient (Wildman–Crippen LogP) is 1.84. The summed E-state index contributed by atoms with van der Waals surface area (Å²) in [6.07, 6.45) is 7.32. The summed E-state index contributed by atoms with van der Waals surface area (Å²) >= 11 is 1.57. The average molecular weight is 296 g/mol. The third kappa shape index (κ3) is 2.57. The molecule has 0 spiro atoms. The molecule has 20 heavy (non-hydrogen) atoms. The van der Waals surface area contributed by atoms with E-state index in [9.17, 15) is 9.59 Å². The molecule has 1 atom stereocenters. The average Bonchev–Trinajstić information content (AvgIpc) is 2.96. The highest BCUT2D eigenvalue weighted by Crippen LogP contribution is 2.49. The zero-order chi connectivity index (χ0) is 14.4. The number of hydrogen-bond acceptors (Lipinski definition) is 3. The fourth-order valence-corrected chi connectivity index (χ4v) is 4.46. The first-order chi connectivity index (χ1) is 9.43. The molecule has 112 valence electrons. The fraction of sp³-hybridized carbons (Fsp3) is 0.867. The molecule has 2 N–H and O–H groups in total. The van der Waals surface area contributed by atoms with Gasteiger partial charge in [0.05, 0.1) is 4.75 Å². The topological polar surface area (TPSA) is 58.2 Å². The number of amides is 2. The van der Waals surface area contributed by atoms with Gasteiger partial charge in [0, 0.05) is 11.3 Å². The van der Waals surface area contributed by atoms with E-state index in [0.29, 0.717) is 11.7 Å². The van der Waals surface area contributed by atoms with E-state index in [1.54, 1.807) is 11.8 Å². The molecule has 3 fully saturated rings. The third-order valence-corrected chi connectivity index (χ3v) is 6.48. The van der Waals surface area contributed by atoms with E-state index >= 15 is 0 Å². The van der Waals surface area contributed by atoms with Crippen molar-refractivity contribution in [2.75, 3.05) is 5.75 Å². The van der Waals surface area contributed by atoms with Gasteiger partial charge in [-0.15, -0.1) is 11.8 Å². The molecular weight excluding hydrogens is 272 g/mol. The van der Waals surface area contributed by atoms with Crippen molar-refractivity contribution in [2.45, 2.75) is 68.7 Å². The van der Waals surface area contributed by atoms with E-state index in [-0.39, 0.29) is 23.4 Å². The predicted molar refractivity (Wildman–Crippen MR) is 80.5 cm³/mol. The summed E-state index contributed by atoms with van der Waals surface area (Å²) in [6.45, 7) is 3.81. The van der Waals surface area contributed by atoms with Crippen molar-refractivity contribution in [1.29, 1.82) is 0 Å². The van der Waals surface area contributed by atoms with Crippen LogP contribution in [-0.4, -0.2) is 33.9 Å². The standard InChI is InChI=1S/C15H24N2O2S/c1-14(2)13(19)16-11(9-20-14)12(18)17-15(7-8-15)10-5-3-4-6-10/h10-11H,3-9H2,1-2H3,(H,16,19)(H,17,18). The lowest BCUT2D eigenvalue weighted by Crippen LogP contribution is -2.59. The van der Waals surface area contributed by atoms with Crippen LogP contribution in [0.15, 0.2) is 0 Å². The highest BCUT2D eigenvalue weighted by atomic mass is 32.2. The normalized spacial score (nSPS) is 31.7. The van der Waals surface area contributed by atoms with Crippen LogP contribution >= 0.6 is 11.8 Å². The number of thioether (sulfide) groups is 1. The molecule has 2 amide bonds. The Hall–Kier alpha value is -0.710. The molecule has 3 rings (SSSR count). The summed E-state index contributed by atoms with van der Waals surface area (Å²) in [5.74, 6) is 1.32. The van der Waals surface area contributed by atoms with Gasteiger partial charge in [0.25, 0.3) is 0 Å². The minimum absolute atomic E-state index is 0.0192. The van der Waals surface area contributed by atoms with Crippen molar-refractivity contribution in [1.82, 2.24) is 10.6 Å². The fourth-order valence-electron chi connectivity index (χ4n) is 3.45. The molecular formula is C15H24N2O2S. The van der Waals surface area contributed by atoms with Gasteiger partial charge >= 0.3 is 0 Å². The molecule has 0 aromatic heterocycles. The molecule has 3 aliphatic rings. The van der Waals surface area contributed by atoms with E-state index in [1.807, 2.05) is 13.8 Å². The molecule has 2 saturated carbocycles. The largest absolute Gasteiger partial charge is 0.349 e. The Labute approximate surface area is 124 Å². The lowest BCUT2D eigenvalue weighted by Gasteiger charge is -2.34. The maximum atomic E-state index is 12.4. The third-order valence-electron chi connectivity index (χ3n) is 5.08. The smallest absolute Gasteiger partial charge is 0.243 e. The van der Waals surface area contributed by atoms with E-state index in [1.165, 1.54) is 25.7 Å². The maximum absolute atomic E-state index is 12.4. The summed E-state index contributed by atoms with van der Waals surface area (Å²) in [7, 11) is 0. The zero-order valence-electron chi connectivity index (χ0n) is 12.3. The Balaban J connectivity index is 1.59. The minimum atomic E-state index is -0.417. The van der Waals surface area contributed by atoms with Crippen LogP contribution in [-0.2, 0) is 9.59 Å². The van der Waals surface area contributed by atoms with Crippen LogP contribution in [0.25, 0.3) is 0 Å². The highest BCUT2D eigenvalue weighted by molar-refractivity contribution is 8.01. The van der Waals surface area contributed by atoms with Crippen LogP contribution in [0, 0.1) is 5.92 Å². The summed E-state index contributed by atoms with van der Waals surface area (Å²) < 4.78 is -0.417. The highest BCUT2D eigenvalue weighted by Gasteiger charge is 2.52. The van der Waals surface area contributed by atoms with Crippen LogP contribution in [0.3, 0.4) is 0 Å². The Morgan fingerprint density at radius 3 is 2.50 bits per heavy atom. The van der Waals surface area contributed by atoms with Crippen molar-refractivity contribution >= 4 is 23.6 Å². The van der Waals surface area contributed by atoms with Gasteiger partial charge in [-0.05, 0) is 45.4 Å². The Bertz CT molecular complexity index is 426. The van der Waals surface area contributed by atoms with Gasteiger partial charge in [0.15, 0.2) is 0 Å². The lowest BCUT2D eigenvalue weighted by atomic mass is 9.95. The second-order valence-corrected chi connectivity index (χ2v) is 8.62. The monoisotopic (exact) mass is 296 g/mol. The van der Waals surface area contributed by atoms with E-state index in [0.717, 1.165) is 12.8 Å². The van der Waals surface area contributed by atoms with Crippen molar-refractivity contribution in [3.8, 4) is 0 Å². The number of nitrogens with one attached hydrogen (secondary N) is 2. The zero-order valence-corrected chi connectivity index (χ0v) is 13.1. The van der Waals surface area contributed by atoms with Crippen molar-refractivity contribution < 1.29 is 9.59 Å². The number of carbonyl (C=O) groups is 2. The lowest BCUT2D eigenvalue weighted by molar-refractivity contribution is -0.130. The first-order valence-corrected chi connectivity index (χ1v) is 8.68. The minimum Gasteiger partial charge on any atom is -0.349 e. The van der Waals surface area contributed by atoms with Crippen molar-refractivity contribution in [3.05, 3.63) is 0 Å². The van der Waals surface area contributed by atoms with Gasteiger partial charge in [0.1, 0.15) is 6.04 Å². The molecule has 0 aromatic rings. The van der Waals surface area contributed by atoms with Gasteiger partial charge in [-0.1, -0.05) is 12.8 Å². The van der Waals surface area contributed by atoms with Gasteiger partial charge in [0.2, 0.25) is 11.8 Å². The van der Waals surface area contributed by atoms with Gasteiger partial charge in [-0.3, -0.25) is 9.59 Å². The summed E-state index contributed by atoms with van der Waals surface area (Å²) in [5, 5.41) is 6.14. The van der Waals surface area contributed by atoms with Gasteiger partial charge in [-0.25, -0.2) is 0 Å². The number of hydrogen-bond donors (Lipinski definition) is 2. The van der Waals surface area contributed by atoms with Crippen LogP contribution < -0.4 is 10.6 Å². The first-order valence-electron chi connectivity index (χ1n) is 7.70. The molecule has 0 aromatic carbocycles. The molecule has 0 radical (unpaired) electrons. The second kappa shape index (κ2) is 4.93. The Morgan fingerprint density at radius 1 is 1.30 bits per heavy atom. The van der Waals surface area contributed by atoms with Gasteiger partial charge in [-0.2, -0.15) is 0 Å². The molecule has 0 bridgehead atoms. The van der Waals surface area contributed by atoms with Crippen LogP contribution in [0.5, 0.6) is 0 Å². The van der Waals surface area contributed by atoms with E-state index in [4.69, 9.17) is 0 Å². The van der Waals surface area contributed by atoms with Crippen LogP contribution in [0.2, 0.25) is 0 Å². The van der Waals surface area contributed by atoms with Gasteiger partial charge < -0.3 is 10.6 Å². The summed E-state index contributed by atoms with van der Waals surface area (Å²) in [5.41, 5.74) is 0.0654. The summed E-state index contributed by atoms with van der Waals surface area (Å²) in [6, 6.07) is -0.362. The second-order valence-electron chi connectivity index (χ2n) is 6.97. The Morgan fingerprint density at radius 2 is 1.95 bits per heavy atom. The number of carbonyl (C=O) groups excluding carboxylic acids is 2. The first kappa shape index (κ1) is 14.2. The maximum Gasteiger partial charge on any atom is 0.243 e. The van der Waals surface area contributed by atoms with Crippen molar-refractivity contribution in [2.24, 2.45) is 5.92 Å². The molecule has 2 aliphatic carbocycles. The molecule has 1 saturated heterocycles. The molecule has 1 heterocycles. The van der Waals surface area contributed by atoms with E-state index in [2.05, 4.69) is 10.6 Å². The molecule has 1 unspecified atom stereocenters. The van der Waals surface area contributed by atoms with Crippen molar-refractivity contribution in [3.63, 3.8) is 0 Å². The molecule has 1 aliphatic heterocycles. The summed E-state index contributed by atoms with van der Waals surface area (Å²) in [4.78, 5) is 24.4. The van der Waals surface area contributed by atoms with E-state index < -0.39 is 4.75 Å². The molecule has 5 heteroatoms. The quantitative estimate of drug-likeness (QED) is 0.835.